The second kappa shape index (κ2) is 4.95. The number of pyridine rings is 1. The largest absolute Gasteiger partial charge is 0.465 e. The van der Waals surface area contributed by atoms with Crippen molar-refractivity contribution in [2.45, 2.75) is 12.8 Å². The van der Waals surface area contributed by atoms with E-state index in [9.17, 15) is 9.59 Å². The minimum Gasteiger partial charge on any atom is -0.465 e. The van der Waals surface area contributed by atoms with Crippen molar-refractivity contribution >= 4 is 17.4 Å². The van der Waals surface area contributed by atoms with Gasteiger partial charge in [-0.15, -0.1) is 0 Å². The molecule has 1 saturated heterocycles. The molecule has 1 fully saturated rings. The van der Waals surface area contributed by atoms with Gasteiger partial charge in [-0.2, -0.15) is 0 Å². The molecule has 0 aliphatic carbocycles. The van der Waals surface area contributed by atoms with Gasteiger partial charge in [0.15, 0.2) is 0 Å². The lowest BCUT2D eigenvalue weighted by Crippen LogP contribution is -2.34. The molecule has 0 saturated carbocycles. The SMILES string of the molecule is COC(=O)c1ccncc1N1CCC(=O)CC1. The van der Waals surface area contributed by atoms with Gasteiger partial charge < -0.3 is 9.64 Å². The number of nitrogens with zero attached hydrogens (tertiary/aromatic N) is 2. The second-order valence-electron chi connectivity index (χ2n) is 3.91. The summed E-state index contributed by atoms with van der Waals surface area (Å²) in [7, 11) is 1.35. The van der Waals surface area contributed by atoms with Crippen molar-refractivity contribution in [2.75, 3.05) is 25.1 Å². The van der Waals surface area contributed by atoms with Gasteiger partial charge in [0, 0.05) is 32.1 Å². The van der Waals surface area contributed by atoms with Crippen LogP contribution in [0.1, 0.15) is 23.2 Å². The van der Waals surface area contributed by atoms with Crippen molar-refractivity contribution in [2.24, 2.45) is 0 Å². The first kappa shape index (κ1) is 11.6. The Hall–Kier alpha value is -1.91. The van der Waals surface area contributed by atoms with Crippen LogP contribution in [0.4, 0.5) is 5.69 Å². The lowest BCUT2D eigenvalue weighted by atomic mass is 10.1. The summed E-state index contributed by atoms with van der Waals surface area (Å²) in [6.07, 6.45) is 4.25. The Labute approximate surface area is 99.4 Å². The van der Waals surface area contributed by atoms with Crippen LogP contribution in [0.15, 0.2) is 18.5 Å². The first-order valence-corrected chi connectivity index (χ1v) is 5.51. The third-order valence-electron chi connectivity index (χ3n) is 2.87. The highest BCUT2D eigenvalue weighted by Gasteiger charge is 2.21. The number of carbonyl (C=O) groups is 2. The van der Waals surface area contributed by atoms with Gasteiger partial charge in [-0.05, 0) is 6.07 Å². The number of ketones is 1. The maximum absolute atomic E-state index is 11.6. The number of carbonyl (C=O) groups excluding carboxylic acids is 2. The summed E-state index contributed by atoms with van der Waals surface area (Å²) in [6.45, 7) is 1.27. The molecule has 0 radical (unpaired) electrons. The molecule has 2 heterocycles. The first-order valence-electron chi connectivity index (χ1n) is 5.51. The summed E-state index contributed by atoms with van der Waals surface area (Å²) >= 11 is 0. The van der Waals surface area contributed by atoms with Crippen LogP contribution in [0.5, 0.6) is 0 Å². The van der Waals surface area contributed by atoms with E-state index in [1.54, 1.807) is 18.5 Å². The van der Waals surface area contributed by atoms with Crippen molar-refractivity contribution in [3.63, 3.8) is 0 Å². The van der Waals surface area contributed by atoms with Crippen LogP contribution in [-0.4, -0.2) is 36.9 Å². The third-order valence-corrected chi connectivity index (χ3v) is 2.87. The monoisotopic (exact) mass is 234 g/mol. The Balaban J connectivity index is 2.25. The zero-order chi connectivity index (χ0) is 12.3. The summed E-state index contributed by atoms with van der Waals surface area (Å²) in [6, 6.07) is 1.64. The number of ether oxygens (including phenoxy) is 1. The lowest BCUT2D eigenvalue weighted by molar-refractivity contribution is -0.119. The Bertz CT molecular complexity index is 435. The second-order valence-corrected chi connectivity index (χ2v) is 3.91. The van der Waals surface area contributed by atoms with Gasteiger partial charge in [0.25, 0.3) is 0 Å². The fourth-order valence-corrected chi connectivity index (χ4v) is 1.92. The molecule has 0 bridgehead atoms. The molecular weight excluding hydrogens is 220 g/mol. The fourth-order valence-electron chi connectivity index (χ4n) is 1.92. The van der Waals surface area contributed by atoms with Crippen molar-refractivity contribution < 1.29 is 14.3 Å². The van der Waals surface area contributed by atoms with Crippen LogP contribution in [0.2, 0.25) is 0 Å². The molecule has 0 spiro atoms. The van der Waals surface area contributed by atoms with E-state index in [0.717, 1.165) is 5.69 Å². The Morgan fingerprint density at radius 1 is 1.41 bits per heavy atom. The molecule has 5 heteroatoms. The third kappa shape index (κ3) is 2.43. The topological polar surface area (TPSA) is 59.5 Å². The molecule has 0 atom stereocenters. The van der Waals surface area contributed by atoms with Gasteiger partial charge in [0.2, 0.25) is 0 Å². The van der Waals surface area contributed by atoms with E-state index in [-0.39, 0.29) is 11.8 Å². The van der Waals surface area contributed by atoms with Crippen molar-refractivity contribution in [3.05, 3.63) is 24.0 Å². The predicted octanol–water partition coefficient (Wildman–Crippen LogP) is 1.04. The van der Waals surface area contributed by atoms with Gasteiger partial charge >= 0.3 is 5.97 Å². The van der Waals surface area contributed by atoms with E-state index < -0.39 is 0 Å². The van der Waals surface area contributed by atoms with E-state index in [0.29, 0.717) is 31.5 Å². The molecule has 90 valence electrons. The summed E-state index contributed by atoms with van der Waals surface area (Å²) < 4.78 is 4.73. The highest BCUT2D eigenvalue weighted by atomic mass is 16.5. The molecule has 1 aliphatic heterocycles. The number of methoxy groups -OCH3 is 1. The molecular formula is C12H14N2O3. The standard InChI is InChI=1S/C12H14N2O3/c1-17-12(16)10-2-5-13-8-11(10)14-6-3-9(15)4-7-14/h2,5,8H,3-4,6-7H2,1H3. The summed E-state index contributed by atoms with van der Waals surface area (Å²) in [5, 5.41) is 0. The zero-order valence-corrected chi connectivity index (χ0v) is 9.68. The molecule has 0 unspecified atom stereocenters. The first-order chi connectivity index (χ1) is 8.22. The van der Waals surface area contributed by atoms with Crippen LogP contribution in [0, 0.1) is 0 Å². The summed E-state index contributed by atoms with van der Waals surface area (Å²) in [5.41, 5.74) is 1.24. The number of rotatable bonds is 2. The molecule has 1 aromatic rings. The van der Waals surface area contributed by atoms with Crippen molar-refractivity contribution in [3.8, 4) is 0 Å². The molecule has 5 nitrogen and oxygen atoms in total. The van der Waals surface area contributed by atoms with E-state index >= 15 is 0 Å². The minimum atomic E-state index is -0.376. The lowest BCUT2D eigenvalue weighted by Gasteiger charge is -2.28. The maximum Gasteiger partial charge on any atom is 0.340 e. The van der Waals surface area contributed by atoms with E-state index in [1.807, 2.05) is 4.90 Å². The van der Waals surface area contributed by atoms with E-state index in [1.165, 1.54) is 7.11 Å². The molecule has 1 aliphatic rings. The number of esters is 1. The number of anilines is 1. The number of aromatic nitrogens is 1. The molecule has 17 heavy (non-hydrogen) atoms. The number of hydrogen-bond donors (Lipinski definition) is 0. The molecule has 0 aromatic carbocycles. The predicted molar refractivity (Wildman–Crippen MR) is 62.0 cm³/mol. The van der Waals surface area contributed by atoms with Crippen LogP contribution < -0.4 is 4.90 Å². The van der Waals surface area contributed by atoms with Crippen LogP contribution >= 0.6 is 0 Å². The average molecular weight is 234 g/mol. The molecule has 0 N–H and O–H groups in total. The van der Waals surface area contributed by atoms with Crippen molar-refractivity contribution in [1.82, 2.24) is 4.98 Å². The smallest absolute Gasteiger partial charge is 0.340 e. The van der Waals surface area contributed by atoms with Gasteiger partial charge in [-0.25, -0.2) is 4.79 Å². The zero-order valence-electron chi connectivity index (χ0n) is 9.68. The van der Waals surface area contributed by atoms with E-state index in [2.05, 4.69) is 4.98 Å². The fraction of sp³-hybridized carbons (Fsp3) is 0.417. The quantitative estimate of drug-likeness (QED) is 0.715. The van der Waals surface area contributed by atoms with Crippen LogP contribution in [0.25, 0.3) is 0 Å². The van der Waals surface area contributed by atoms with Crippen molar-refractivity contribution in [1.29, 1.82) is 0 Å². The van der Waals surface area contributed by atoms with Crippen LogP contribution in [0.3, 0.4) is 0 Å². The maximum atomic E-state index is 11.6. The van der Waals surface area contributed by atoms with Gasteiger partial charge in [0.05, 0.1) is 24.6 Å². The average Bonchev–Trinajstić information content (AvgIpc) is 2.39. The highest BCUT2D eigenvalue weighted by molar-refractivity contribution is 5.96. The molecule has 2 rings (SSSR count). The number of piperidine rings is 1. The minimum absolute atomic E-state index is 0.268. The Morgan fingerprint density at radius 2 is 2.12 bits per heavy atom. The summed E-state index contributed by atoms with van der Waals surface area (Å²) in [4.78, 5) is 28.8. The highest BCUT2D eigenvalue weighted by Crippen LogP contribution is 2.22. The molecule has 0 amide bonds. The Morgan fingerprint density at radius 3 is 2.76 bits per heavy atom. The number of Topliss-reactive ketones (excluding diaryl/α,β-unsaturated/α-hetero) is 1. The van der Waals surface area contributed by atoms with E-state index in [4.69, 9.17) is 4.74 Å². The van der Waals surface area contributed by atoms with Gasteiger partial charge in [-0.3, -0.25) is 9.78 Å². The number of hydrogen-bond acceptors (Lipinski definition) is 5. The van der Waals surface area contributed by atoms with Gasteiger partial charge in [-0.1, -0.05) is 0 Å². The summed E-state index contributed by atoms with van der Waals surface area (Å²) in [5.74, 6) is -0.107. The normalized spacial score (nSPS) is 15.8. The van der Waals surface area contributed by atoms with Crippen LogP contribution in [-0.2, 0) is 9.53 Å². The Kier molecular flexibility index (Phi) is 3.37. The van der Waals surface area contributed by atoms with Gasteiger partial charge in [0.1, 0.15) is 5.78 Å². The molecule has 1 aromatic heterocycles.